The second-order valence-corrected chi connectivity index (χ2v) is 5.17. The lowest BCUT2D eigenvalue weighted by atomic mass is 9.98. The van der Waals surface area contributed by atoms with Gasteiger partial charge >= 0.3 is 0 Å². The fraction of sp³-hybridized carbons (Fsp3) is 0.438. The first-order valence-corrected chi connectivity index (χ1v) is 7.17. The van der Waals surface area contributed by atoms with Gasteiger partial charge in [0.1, 0.15) is 0 Å². The number of hydrazine groups is 1. The average molecular weight is 287 g/mol. The summed E-state index contributed by atoms with van der Waals surface area (Å²) in [5, 5.41) is 10.2. The second kappa shape index (κ2) is 9.81. The van der Waals surface area contributed by atoms with Crippen LogP contribution in [-0.4, -0.2) is 30.0 Å². The molecule has 0 aliphatic carbocycles. The summed E-state index contributed by atoms with van der Waals surface area (Å²) in [7, 11) is 1.70. The lowest BCUT2D eigenvalue weighted by Gasteiger charge is -2.28. The molecule has 0 saturated carbocycles. The zero-order chi connectivity index (χ0) is 15.5. The maximum absolute atomic E-state index is 8.80. The van der Waals surface area contributed by atoms with E-state index in [4.69, 9.17) is 16.8 Å². The molecule has 1 aromatic rings. The lowest BCUT2D eigenvalue weighted by Crippen LogP contribution is -2.32. The summed E-state index contributed by atoms with van der Waals surface area (Å²) in [6, 6.07) is 12.9. The Hall–Kier alpha value is -2.03. The van der Waals surface area contributed by atoms with Gasteiger partial charge in [-0.15, -0.1) is 0 Å². The van der Waals surface area contributed by atoms with E-state index >= 15 is 0 Å². The van der Waals surface area contributed by atoms with Gasteiger partial charge in [0.2, 0.25) is 0 Å². The van der Waals surface area contributed by atoms with E-state index in [0.717, 1.165) is 32.5 Å². The predicted octanol–water partition coefficient (Wildman–Crippen LogP) is 1.64. The van der Waals surface area contributed by atoms with E-state index in [-0.39, 0.29) is 5.92 Å². The first kappa shape index (κ1) is 17.0. The Kier molecular flexibility index (Phi) is 7.95. The van der Waals surface area contributed by atoms with Crippen molar-refractivity contribution in [3.63, 3.8) is 0 Å². The van der Waals surface area contributed by atoms with Crippen molar-refractivity contribution < 1.29 is 0 Å². The molecular weight excluding hydrogens is 262 g/mol. The molecule has 0 unspecified atom stereocenters. The highest BCUT2D eigenvalue weighted by molar-refractivity contribution is 5.14. The molecule has 5 heteroatoms. The van der Waals surface area contributed by atoms with Gasteiger partial charge in [-0.25, -0.2) is 5.84 Å². The summed E-state index contributed by atoms with van der Waals surface area (Å²) < 4.78 is 0. The summed E-state index contributed by atoms with van der Waals surface area (Å²) in [6.45, 7) is 3.15. The van der Waals surface area contributed by atoms with Gasteiger partial charge in [-0.2, -0.15) is 5.26 Å². The third-order valence-corrected chi connectivity index (χ3v) is 3.34. The van der Waals surface area contributed by atoms with Gasteiger partial charge in [0.15, 0.2) is 0 Å². The molecule has 21 heavy (non-hydrogen) atoms. The number of nitrogens with zero attached hydrogens (tertiary/aromatic N) is 3. The highest BCUT2D eigenvalue weighted by Crippen LogP contribution is 2.17. The Morgan fingerprint density at radius 3 is 2.38 bits per heavy atom. The van der Waals surface area contributed by atoms with Crippen LogP contribution in [0.25, 0.3) is 0 Å². The van der Waals surface area contributed by atoms with Crippen LogP contribution in [0.15, 0.2) is 42.7 Å². The minimum absolute atomic E-state index is 0.289. The Morgan fingerprint density at radius 1 is 1.33 bits per heavy atom. The molecule has 5 nitrogen and oxygen atoms in total. The third-order valence-electron chi connectivity index (χ3n) is 3.34. The molecule has 0 amide bonds. The smallest absolute Gasteiger partial charge is 0.0656 e. The van der Waals surface area contributed by atoms with Gasteiger partial charge in [-0.1, -0.05) is 30.3 Å². The number of nitriles is 1. The van der Waals surface area contributed by atoms with Crippen molar-refractivity contribution in [3.8, 4) is 6.07 Å². The molecule has 2 rings (SSSR count). The minimum atomic E-state index is 0.289. The molecule has 4 N–H and O–H groups in total. The number of hydrogen-bond donors (Lipinski definition) is 2. The summed E-state index contributed by atoms with van der Waals surface area (Å²) in [5.74, 6) is 5.36. The van der Waals surface area contributed by atoms with Crippen LogP contribution in [0.2, 0.25) is 0 Å². The molecule has 0 radical (unpaired) electrons. The van der Waals surface area contributed by atoms with Crippen LogP contribution in [0.4, 0.5) is 0 Å². The van der Waals surface area contributed by atoms with E-state index in [0.29, 0.717) is 0 Å². The standard InChI is InChI=1S/C13H16N2.C3H9N3/c14-10-12-6-8-15(9-7-12)11-13-4-2-1-3-5-13;1-6(5)3-2-4/h1-5,12H,6-9,11H2;2-3H,4-5H2,1H3/b;3-2-. The largest absolute Gasteiger partial charge is 0.403 e. The molecule has 1 heterocycles. The Labute approximate surface area is 127 Å². The fourth-order valence-corrected chi connectivity index (χ4v) is 2.20. The molecule has 0 spiro atoms. The Morgan fingerprint density at radius 2 is 1.95 bits per heavy atom. The zero-order valence-electron chi connectivity index (χ0n) is 12.7. The van der Waals surface area contributed by atoms with Crippen LogP contribution < -0.4 is 11.6 Å². The van der Waals surface area contributed by atoms with Crippen LogP contribution >= 0.6 is 0 Å². The molecule has 0 aromatic heterocycles. The molecule has 1 aliphatic rings. The number of hydrogen-bond acceptors (Lipinski definition) is 5. The third kappa shape index (κ3) is 7.35. The van der Waals surface area contributed by atoms with E-state index in [2.05, 4.69) is 35.2 Å². The monoisotopic (exact) mass is 287 g/mol. The zero-order valence-corrected chi connectivity index (χ0v) is 12.7. The van der Waals surface area contributed by atoms with E-state index < -0.39 is 0 Å². The summed E-state index contributed by atoms with van der Waals surface area (Å²) >= 11 is 0. The normalized spacial score (nSPS) is 16.0. The number of likely N-dealkylation sites (tertiary alicyclic amines) is 1. The van der Waals surface area contributed by atoms with Crippen LogP contribution in [0.1, 0.15) is 18.4 Å². The minimum Gasteiger partial charge on any atom is -0.403 e. The van der Waals surface area contributed by atoms with E-state index in [1.165, 1.54) is 16.8 Å². The van der Waals surface area contributed by atoms with Crippen LogP contribution in [0, 0.1) is 17.2 Å². The van der Waals surface area contributed by atoms with E-state index in [1.807, 2.05) is 6.07 Å². The SMILES string of the molecule is CN(N)/C=C\N.N#CC1CCN(Cc2ccccc2)CC1. The van der Waals surface area contributed by atoms with Gasteiger partial charge in [-0.05, 0) is 31.5 Å². The maximum Gasteiger partial charge on any atom is 0.0656 e. The summed E-state index contributed by atoms with van der Waals surface area (Å²) in [6.07, 6.45) is 4.99. The van der Waals surface area contributed by atoms with Gasteiger partial charge in [0.05, 0.1) is 6.07 Å². The number of piperidine rings is 1. The molecule has 1 aliphatic heterocycles. The molecule has 0 atom stereocenters. The number of benzene rings is 1. The van der Waals surface area contributed by atoms with Crippen molar-refractivity contribution in [1.82, 2.24) is 9.91 Å². The summed E-state index contributed by atoms with van der Waals surface area (Å²) in [5.41, 5.74) is 6.30. The first-order chi connectivity index (χ1) is 10.2. The Balaban J connectivity index is 0.000000315. The quantitative estimate of drug-likeness (QED) is 0.652. The highest BCUT2D eigenvalue weighted by Gasteiger charge is 2.18. The molecule has 114 valence electrons. The highest BCUT2D eigenvalue weighted by atomic mass is 15.4. The van der Waals surface area contributed by atoms with E-state index in [9.17, 15) is 0 Å². The van der Waals surface area contributed by atoms with Crippen molar-refractivity contribution in [2.45, 2.75) is 19.4 Å². The second-order valence-electron chi connectivity index (χ2n) is 5.17. The number of rotatable bonds is 3. The molecule has 0 bridgehead atoms. The van der Waals surface area contributed by atoms with Crippen LogP contribution in [0.3, 0.4) is 0 Å². The van der Waals surface area contributed by atoms with Crippen molar-refractivity contribution in [2.75, 3.05) is 20.1 Å². The molecular formula is C16H25N5. The first-order valence-electron chi connectivity index (χ1n) is 7.17. The number of nitrogens with two attached hydrogens (primary N) is 2. The van der Waals surface area contributed by atoms with Crippen molar-refractivity contribution >= 4 is 0 Å². The maximum atomic E-state index is 8.80. The van der Waals surface area contributed by atoms with Gasteiger partial charge in [0.25, 0.3) is 0 Å². The van der Waals surface area contributed by atoms with Gasteiger partial charge in [0, 0.05) is 31.9 Å². The predicted molar refractivity (Wildman–Crippen MR) is 85.3 cm³/mol. The van der Waals surface area contributed by atoms with Crippen molar-refractivity contribution in [3.05, 3.63) is 48.3 Å². The average Bonchev–Trinajstić information content (AvgIpc) is 2.49. The fourth-order valence-electron chi connectivity index (χ4n) is 2.20. The van der Waals surface area contributed by atoms with Crippen LogP contribution in [0.5, 0.6) is 0 Å². The van der Waals surface area contributed by atoms with Gasteiger partial charge < -0.3 is 10.7 Å². The van der Waals surface area contributed by atoms with Crippen LogP contribution in [-0.2, 0) is 6.54 Å². The van der Waals surface area contributed by atoms with E-state index in [1.54, 1.807) is 13.2 Å². The van der Waals surface area contributed by atoms with Gasteiger partial charge in [-0.3, -0.25) is 4.90 Å². The molecule has 1 aromatic carbocycles. The van der Waals surface area contributed by atoms with Crippen molar-refractivity contribution in [2.24, 2.45) is 17.5 Å². The molecule has 1 fully saturated rings. The topological polar surface area (TPSA) is 82.3 Å². The van der Waals surface area contributed by atoms with Crippen molar-refractivity contribution in [1.29, 1.82) is 5.26 Å². The summed E-state index contributed by atoms with van der Waals surface area (Å²) in [4.78, 5) is 2.43. The lowest BCUT2D eigenvalue weighted by molar-refractivity contribution is 0.198. The Bertz CT molecular complexity index is 441. The molecule has 1 saturated heterocycles.